The minimum atomic E-state index is -3.38. The van der Waals surface area contributed by atoms with E-state index in [4.69, 9.17) is 0 Å². The second-order valence-corrected chi connectivity index (χ2v) is 7.04. The van der Waals surface area contributed by atoms with Gasteiger partial charge >= 0.3 is 0 Å². The maximum absolute atomic E-state index is 12.2. The number of hydrogen-bond donors (Lipinski definition) is 2. The van der Waals surface area contributed by atoms with Crippen LogP contribution in [0.5, 0.6) is 0 Å². The average molecular weight is 282 g/mol. The van der Waals surface area contributed by atoms with Crippen LogP contribution in [0.25, 0.3) is 0 Å². The first-order chi connectivity index (χ1) is 8.94. The van der Waals surface area contributed by atoms with Crippen molar-refractivity contribution >= 4 is 10.0 Å². The van der Waals surface area contributed by atoms with Crippen molar-refractivity contribution in [1.29, 1.82) is 0 Å². The molecule has 0 radical (unpaired) electrons. The first-order valence-corrected chi connectivity index (χ1v) is 8.22. The average Bonchev–Trinajstić information content (AvgIpc) is 3.21. The molecule has 0 amide bonds. The van der Waals surface area contributed by atoms with Crippen LogP contribution in [0, 0.1) is 5.92 Å². The van der Waals surface area contributed by atoms with Crippen molar-refractivity contribution in [2.75, 3.05) is 7.05 Å². The molecule has 5 heteroatoms. The van der Waals surface area contributed by atoms with Gasteiger partial charge in [0.25, 0.3) is 0 Å². The van der Waals surface area contributed by atoms with E-state index in [0.717, 1.165) is 18.4 Å². The van der Waals surface area contributed by atoms with Crippen LogP contribution >= 0.6 is 0 Å². The molecule has 2 N–H and O–H groups in total. The molecule has 0 bridgehead atoms. The van der Waals surface area contributed by atoms with E-state index in [1.165, 1.54) is 0 Å². The standard InChI is InChI=1S/C14H22N2O2S/c1-10(15-3)12-6-8-14(9-7-12)19(17,18)16-11(2)13-4-5-13/h6-11,13,15-16H,4-5H2,1-3H3. The minimum absolute atomic E-state index is 0.0286. The van der Waals surface area contributed by atoms with Gasteiger partial charge in [-0.3, -0.25) is 0 Å². The molecular formula is C14H22N2O2S. The van der Waals surface area contributed by atoms with Crippen LogP contribution in [-0.2, 0) is 10.0 Å². The fourth-order valence-electron chi connectivity index (χ4n) is 2.11. The zero-order chi connectivity index (χ0) is 14.0. The lowest BCUT2D eigenvalue weighted by molar-refractivity contribution is 0.538. The Morgan fingerprint density at radius 3 is 2.21 bits per heavy atom. The van der Waals surface area contributed by atoms with Crippen molar-refractivity contribution in [2.45, 2.75) is 43.7 Å². The predicted octanol–water partition coefficient (Wildman–Crippen LogP) is 2.04. The highest BCUT2D eigenvalue weighted by Gasteiger charge is 2.31. The fourth-order valence-corrected chi connectivity index (χ4v) is 3.42. The number of nitrogens with one attached hydrogen (secondary N) is 2. The van der Waals surface area contributed by atoms with E-state index in [1.54, 1.807) is 12.1 Å². The van der Waals surface area contributed by atoms with Crippen LogP contribution in [0.4, 0.5) is 0 Å². The van der Waals surface area contributed by atoms with Crippen molar-refractivity contribution in [3.8, 4) is 0 Å². The van der Waals surface area contributed by atoms with Gasteiger partial charge in [-0.2, -0.15) is 0 Å². The van der Waals surface area contributed by atoms with Gasteiger partial charge < -0.3 is 5.32 Å². The quantitative estimate of drug-likeness (QED) is 0.839. The Balaban J connectivity index is 2.11. The second-order valence-electron chi connectivity index (χ2n) is 5.33. The van der Waals surface area contributed by atoms with Crippen molar-refractivity contribution in [3.05, 3.63) is 29.8 Å². The van der Waals surface area contributed by atoms with E-state index in [0.29, 0.717) is 10.8 Å². The van der Waals surface area contributed by atoms with Crippen LogP contribution in [-0.4, -0.2) is 21.5 Å². The summed E-state index contributed by atoms with van der Waals surface area (Å²) >= 11 is 0. The molecule has 1 saturated carbocycles. The number of rotatable bonds is 6. The van der Waals surface area contributed by atoms with Gasteiger partial charge in [0.15, 0.2) is 0 Å². The summed E-state index contributed by atoms with van der Waals surface area (Å²) in [4.78, 5) is 0.340. The molecule has 2 atom stereocenters. The summed E-state index contributed by atoms with van der Waals surface area (Å²) in [7, 11) is -1.50. The minimum Gasteiger partial charge on any atom is -0.313 e. The lowest BCUT2D eigenvalue weighted by Gasteiger charge is -2.14. The van der Waals surface area contributed by atoms with Crippen LogP contribution in [0.1, 0.15) is 38.3 Å². The summed E-state index contributed by atoms with van der Waals surface area (Å²) in [5.41, 5.74) is 1.08. The molecule has 0 aliphatic heterocycles. The highest BCUT2D eigenvalue weighted by atomic mass is 32.2. The Morgan fingerprint density at radius 2 is 1.74 bits per heavy atom. The normalized spacial score (nSPS) is 19.1. The summed E-state index contributed by atoms with van der Waals surface area (Å²) in [5.74, 6) is 0.512. The smallest absolute Gasteiger partial charge is 0.240 e. The summed E-state index contributed by atoms with van der Waals surface area (Å²) in [6, 6.07) is 7.31. The molecule has 1 aromatic carbocycles. The largest absolute Gasteiger partial charge is 0.313 e. The molecule has 2 unspecified atom stereocenters. The second kappa shape index (κ2) is 5.61. The topological polar surface area (TPSA) is 58.2 Å². The van der Waals surface area contributed by atoms with Gasteiger partial charge in [0.05, 0.1) is 4.90 Å². The Bertz CT molecular complexity index is 521. The molecule has 1 aliphatic carbocycles. The lowest BCUT2D eigenvalue weighted by atomic mass is 10.1. The van der Waals surface area contributed by atoms with Gasteiger partial charge in [0, 0.05) is 12.1 Å². The molecule has 0 saturated heterocycles. The van der Waals surface area contributed by atoms with E-state index in [1.807, 2.05) is 33.0 Å². The van der Waals surface area contributed by atoms with Gasteiger partial charge in [-0.1, -0.05) is 12.1 Å². The third-order valence-corrected chi connectivity index (χ3v) is 5.37. The van der Waals surface area contributed by atoms with E-state index in [-0.39, 0.29) is 12.1 Å². The molecular weight excluding hydrogens is 260 g/mol. The van der Waals surface area contributed by atoms with Crippen molar-refractivity contribution in [1.82, 2.24) is 10.0 Å². The third-order valence-electron chi connectivity index (χ3n) is 3.79. The first-order valence-electron chi connectivity index (χ1n) is 6.73. The highest BCUT2D eigenvalue weighted by molar-refractivity contribution is 7.89. The number of benzene rings is 1. The molecule has 19 heavy (non-hydrogen) atoms. The van der Waals surface area contributed by atoms with Gasteiger partial charge in [0.2, 0.25) is 10.0 Å². The molecule has 0 heterocycles. The molecule has 4 nitrogen and oxygen atoms in total. The Hall–Kier alpha value is -0.910. The van der Waals surface area contributed by atoms with Crippen LogP contribution in [0.15, 0.2) is 29.2 Å². The maximum Gasteiger partial charge on any atom is 0.240 e. The molecule has 0 aromatic heterocycles. The first kappa shape index (κ1) is 14.5. The molecule has 1 aromatic rings. The summed E-state index contributed by atoms with van der Waals surface area (Å²) < 4.78 is 27.2. The van der Waals surface area contributed by atoms with Crippen LogP contribution in [0.2, 0.25) is 0 Å². The van der Waals surface area contributed by atoms with Gasteiger partial charge in [-0.25, -0.2) is 13.1 Å². The van der Waals surface area contributed by atoms with Crippen LogP contribution in [0.3, 0.4) is 0 Å². The van der Waals surface area contributed by atoms with Crippen molar-refractivity contribution in [2.24, 2.45) is 5.92 Å². The molecule has 1 fully saturated rings. The van der Waals surface area contributed by atoms with E-state index in [2.05, 4.69) is 10.0 Å². The highest BCUT2D eigenvalue weighted by Crippen LogP contribution is 2.33. The summed E-state index contributed by atoms with van der Waals surface area (Å²) in [5, 5.41) is 3.13. The van der Waals surface area contributed by atoms with Gasteiger partial charge in [0.1, 0.15) is 0 Å². The Labute approximate surface area is 115 Å². The molecule has 106 valence electrons. The maximum atomic E-state index is 12.2. The van der Waals surface area contributed by atoms with Gasteiger partial charge in [-0.15, -0.1) is 0 Å². The Kier molecular flexibility index (Phi) is 4.28. The van der Waals surface area contributed by atoms with Crippen LogP contribution < -0.4 is 10.0 Å². The zero-order valence-electron chi connectivity index (χ0n) is 11.7. The lowest BCUT2D eigenvalue weighted by Crippen LogP contribution is -2.34. The SMILES string of the molecule is CNC(C)c1ccc(S(=O)(=O)NC(C)C2CC2)cc1. The molecule has 2 rings (SSSR count). The predicted molar refractivity (Wildman–Crippen MR) is 76.4 cm³/mol. The van der Waals surface area contributed by atoms with Crippen molar-refractivity contribution in [3.63, 3.8) is 0 Å². The molecule has 0 spiro atoms. The molecule has 1 aliphatic rings. The van der Waals surface area contributed by atoms with E-state index >= 15 is 0 Å². The van der Waals surface area contributed by atoms with E-state index in [9.17, 15) is 8.42 Å². The third kappa shape index (κ3) is 3.55. The summed E-state index contributed by atoms with van der Waals surface area (Å²) in [6.07, 6.45) is 2.25. The van der Waals surface area contributed by atoms with Gasteiger partial charge in [-0.05, 0) is 57.4 Å². The zero-order valence-corrected chi connectivity index (χ0v) is 12.5. The Morgan fingerprint density at radius 1 is 1.16 bits per heavy atom. The van der Waals surface area contributed by atoms with E-state index < -0.39 is 10.0 Å². The number of sulfonamides is 1. The monoisotopic (exact) mass is 282 g/mol. The number of hydrogen-bond acceptors (Lipinski definition) is 3. The summed E-state index contributed by atoms with van der Waals surface area (Å²) in [6.45, 7) is 3.98. The van der Waals surface area contributed by atoms with Crippen molar-refractivity contribution < 1.29 is 8.42 Å². The fraction of sp³-hybridized carbons (Fsp3) is 0.571.